The highest BCUT2D eigenvalue weighted by molar-refractivity contribution is 6.34. The molecule has 1 aliphatic rings. The summed E-state index contributed by atoms with van der Waals surface area (Å²) in [5.41, 5.74) is 0.479. The Labute approximate surface area is 140 Å². The fourth-order valence-corrected chi connectivity index (χ4v) is 2.38. The second-order valence-corrected chi connectivity index (χ2v) is 6.01. The number of anilines is 1. The van der Waals surface area contributed by atoms with E-state index in [1.807, 2.05) is 13.8 Å². The summed E-state index contributed by atoms with van der Waals surface area (Å²) in [5, 5.41) is 5.91. The van der Waals surface area contributed by atoms with Crippen molar-refractivity contribution in [3.8, 4) is 11.5 Å². The largest absolute Gasteiger partial charge is 0.486 e. The van der Waals surface area contributed by atoms with Crippen LogP contribution in [0.5, 0.6) is 11.5 Å². The van der Waals surface area contributed by atoms with Crippen LogP contribution in [0.4, 0.5) is 5.69 Å². The number of rotatable bonds is 6. The predicted molar refractivity (Wildman–Crippen MR) is 88.2 cm³/mol. The van der Waals surface area contributed by atoms with Crippen molar-refractivity contribution in [3.05, 3.63) is 17.2 Å². The molecule has 7 heteroatoms. The van der Waals surface area contributed by atoms with Crippen LogP contribution in [0.25, 0.3) is 0 Å². The fraction of sp³-hybridized carbons (Fsp3) is 0.500. The van der Waals surface area contributed by atoms with Gasteiger partial charge in [0.25, 0.3) is 0 Å². The number of hydrogen-bond acceptors (Lipinski definition) is 4. The molecule has 2 rings (SSSR count). The average Bonchev–Trinajstić information content (AvgIpc) is 2.47. The van der Waals surface area contributed by atoms with Crippen molar-refractivity contribution in [3.63, 3.8) is 0 Å². The zero-order valence-corrected chi connectivity index (χ0v) is 14.0. The van der Waals surface area contributed by atoms with Crippen LogP contribution in [0, 0.1) is 0 Å². The lowest BCUT2D eigenvalue weighted by molar-refractivity contribution is -0.121. The summed E-state index contributed by atoms with van der Waals surface area (Å²) < 4.78 is 10.9. The minimum atomic E-state index is -0.194. The molecule has 1 heterocycles. The van der Waals surface area contributed by atoms with Gasteiger partial charge in [-0.25, -0.2) is 0 Å². The Balaban J connectivity index is 1.84. The number of nitrogens with one attached hydrogen (secondary N) is 2. The van der Waals surface area contributed by atoms with Crippen LogP contribution in [0.3, 0.4) is 0 Å². The fourth-order valence-electron chi connectivity index (χ4n) is 2.18. The van der Waals surface area contributed by atoms with Gasteiger partial charge in [-0.1, -0.05) is 11.6 Å². The van der Waals surface area contributed by atoms with Gasteiger partial charge in [0.15, 0.2) is 11.5 Å². The summed E-state index contributed by atoms with van der Waals surface area (Å²) >= 11 is 6.13. The van der Waals surface area contributed by atoms with Crippen LogP contribution in [0.15, 0.2) is 12.1 Å². The van der Waals surface area contributed by atoms with Gasteiger partial charge in [0.05, 0.1) is 10.7 Å². The van der Waals surface area contributed by atoms with E-state index in [0.29, 0.717) is 48.3 Å². The highest BCUT2D eigenvalue weighted by Gasteiger charge is 2.16. The van der Waals surface area contributed by atoms with E-state index in [9.17, 15) is 9.59 Å². The summed E-state index contributed by atoms with van der Waals surface area (Å²) in [5.74, 6) is 0.892. The van der Waals surface area contributed by atoms with Crippen LogP contribution in [-0.4, -0.2) is 31.1 Å². The standard InChI is InChI=1S/C16H21ClN2O4/c1-10(2)18-15(20)4-3-5-16(21)19-12-9-14-13(8-11(12)17)22-6-7-23-14/h8-10H,3-7H2,1-2H3,(H,18,20)(H,19,21). The van der Waals surface area contributed by atoms with Crippen LogP contribution in [0.2, 0.25) is 5.02 Å². The van der Waals surface area contributed by atoms with Crippen molar-refractivity contribution < 1.29 is 19.1 Å². The summed E-state index contributed by atoms with van der Waals surface area (Å²) in [6, 6.07) is 3.38. The lowest BCUT2D eigenvalue weighted by atomic mass is 10.2. The Morgan fingerprint density at radius 3 is 2.39 bits per heavy atom. The summed E-state index contributed by atoms with van der Waals surface area (Å²) in [6.07, 6.45) is 1.04. The minimum Gasteiger partial charge on any atom is -0.486 e. The first kappa shape index (κ1) is 17.4. The van der Waals surface area contributed by atoms with E-state index < -0.39 is 0 Å². The SMILES string of the molecule is CC(C)NC(=O)CCCC(=O)Nc1cc2c(cc1Cl)OCCO2. The third kappa shape index (κ3) is 5.32. The maximum Gasteiger partial charge on any atom is 0.224 e. The van der Waals surface area contributed by atoms with Crippen molar-refractivity contribution in [1.82, 2.24) is 5.32 Å². The maximum absolute atomic E-state index is 12.0. The van der Waals surface area contributed by atoms with Crippen molar-refractivity contribution in [1.29, 1.82) is 0 Å². The average molecular weight is 341 g/mol. The maximum atomic E-state index is 12.0. The molecule has 126 valence electrons. The van der Waals surface area contributed by atoms with E-state index >= 15 is 0 Å². The zero-order chi connectivity index (χ0) is 16.8. The first-order chi connectivity index (χ1) is 11.0. The number of halogens is 1. The van der Waals surface area contributed by atoms with Crippen molar-refractivity contribution >= 4 is 29.1 Å². The molecular formula is C16H21ClN2O4. The van der Waals surface area contributed by atoms with E-state index in [1.165, 1.54) is 0 Å². The smallest absolute Gasteiger partial charge is 0.224 e. The molecule has 1 aromatic carbocycles. The topological polar surface area (TPSA) is 76.7 Å². The number of carbonyl (C=O) groups is 2. The Morgan fingerprint density at radius 2 is 1.74 bits per heavy atom. The normalized spacial score (nSPS) is 12.9. The summed E-state index contributed by atoms with van der Waals surface area (Å²) in [6.45, 7) is 4.74. The van der Waals surface area contributed by atoms with Crippen LogP contribution < -0.4 is 20.1 Å². The van der Waals surface area contributed by atoms with E-state index in [4.69, 9.17) is 21.1 Å². The molecule has 0 atom stereocenters. The number of fused-ring (bicyclic) bond motifs is 1. The first-order valence-corrected chi connectivity index (χ1v) is 8.02. The molecule has 2 amide bonds. The van der Waals surface area contributed by atoms with Crippen molar-refractivity contribution in [2.45, 2.75) is 39.2 Å². The molecule has 0 saturated carbocycles. The number of ether oxygens (including phenoxy) is 2. The molecule has 23 heavy (non-hydrogen) atoms. The van der Waals surface area contributed by atoms with E-state index in [2.05, 4.69) is 10.6 Å². The van der Waals surface area contributed by atoms with Gasteiger partial charge in [0, 0.05) is 31.0 Å². The van der Waals surface area contributed by atoms with Crippen LogP contribution in [-0.2, 0) is 9.59 Å². The van der Waals surface area contributed by atoms with Gasteiger partial charge in [-0.2, -0.15) is 0 Å². The van der Waals surface area contributed by atoms with E-state index in [0.717, 1.165) is 0 Å². The quantitative estimate of drug-likeness (QED) is 0.834. The lowest BCUT2D eigenvalue weighted by Gasteiger charge is -2.20. The molecular weight excluding hydrogens is 320 g/mol. The predicted octanol–water partition coefficient (Wildman–Crippen LogP) is 2.74. The van der Waals surface area contributed by atoms with Gasteiger partial charge < -0.3 is 20.1 Å². The highest BCUT2D eigenvalue weighted by Crippen LogP contribution is 2.37. The van der Waals surface area contributed by atoms with Gasteiger partial charge in [-0.15, -0.1) is 0 Å². The molecule has 0 saturated heterocycles. The van der Waals surface area contributed by atoms with Crippen molar-refractivity contribution in [2.75, 3.05) is 18.5 Å². The van der Waals surface area contributed by atoms with Crippen LogP contribution >= 0.6 is 11.6 Å². The number of hydrogen-bond donors (Lipinski definition) is 2. The van der Waals surface area contributed by atoms with Crippen LogP contribution in [0.1, 0.15) is 33.1 Å². The molecule has 0 unspecified atom stereocenters. The zero-order valence-electron chi connectivity index (χ0n) is 13.3. The molecule has 0 bridgehead atoms. The van der Waals surface area contributed by atoms with Gasteiger partial charge in [-0.3, -0.25) is 9.59 Å². The van der Waals surface area contributed by atoms with Gasteiger partial charge >= 0.3 is 0 Å². The molecule has 0 fully saturated rings. The minimum absolute atomic E-state index is 0.0508. The second kappa shape index (κ2) is 8.06. The molecule has 0 aliphatic carbocycles. The van der Waals surface area contributed by atoms with Gasteiger partial charge in [0.1, 0.15) is 13.2 Å². The Bertz CT molecular complexity index is 590. The monoisotopic (exact) mass is 340 g/mol. The second-order valence-electron chi connectivity index (χ2n) is 5.60. The summed E-state index contributed by atoms with van der Waals surface area (Å²) in [7, 11) is 0. The third-order valence-corrected chi connectivity index (χ3v) is 3.48. The molecule has 0 aromatic heterocycles. The number of amides is 2. The Kier molecular flexibility index (Phi) is 6.10. The molecule has 1 aliphatic heterocycles. The molecule has 6 nitrogen and oxygen atoms in total. The molecule has 1 aromatic rings. The molecule has 2 N–H and O–H groups in total. The Morgan fingerprint density at radius 1 is 1.13 bits per heavy atom. The number of benzene rings is 1. The van der Waals surface area contributed by atoms with Crippen molar-refractivity contribution in [2.24, 2.45) is 0 Å². The summed E-state index contributed by atoms with van der Waals surface area (Å²) in [4.78, 5) is 23.5. The molecule has 0 spiro atoms. The molecule has 0 radical (unpaired) electrons. The third-order valence-electron chi connectivity index (χ3n) is 3.16. The van der Waals surface area contributed by atoms with E-state index in [-0.39, 0.29) is 24.3 Å². The highest BCUT2D eigenvalue weighted by atomic mass is 35.5. The lowest BCUT2D eigenvalue weighted by Crippen LogP contribution is -2.30. The van der Waals surface area contributed by atoms with Gasteiger partial charge in [-0.05, 0) is 20.3 Å². The van der Waals surface area contributed by atoms with E-state index in [1.54, 1.807) is 12.1 Å². The van der Waals surface area contributed by atoms with Gasteiger partial charge in [0.2, 0.25) is 11.8 Å². The first-order valence-electron chi connectivity index (χ1n) is 7.64. The number of carbonyl (C=O) groups excluding carboxylic acids is 2. The Hall–Kier alpha value is -1.95.